The number of rotatable bonds is 7. The highest BCUT2D eigenvalue weighted by Crippen LogP contribution is 2.08. The van der Waals surface area contributed by atoms with E-state index in [-0.39, 0.29) is 11.8 Å². The average Bonchev–Trinajstić information content (AvgIpc) is 2.54. The van der Waals surface area contributed by atoms with Crippen LogP contribution in [0.3, 0.4) is 0 Å². The first-order chi connectivity index (χ1) is 11.2. The number of ether oxygens (including phenoxy) is 1. The van der Waals surface area contributed by atoms with E-state index in [9.17, 15) is 9.18 Å². The number of amides is 2. The number of urea groups is 1. The van der Waals surface area contributed by atoms with Crippen LogP contribution in [0.4, 0.5) is 9.18 Å². The van der Waals surface area contributed by atoms with Crippen LogP contribution in [-0.2, 0) is 13.0 Å². The van der Waals surface area contributed by atoms with Crippen LogP contribution in [0.15, 0.2) is 42.6 Å². The molecule has 0 unspecified atom stereocenters. The van der Waals surface area contributed by atoms with Gasteiger partial charge >= 0.3 is 6.03 Å². The van der Waals surface area contributed by atoms with E-state index in [0.717, 1.165) is 11.1 Å². The lowest BCUT2D eigenvalue weighted by Gasteiger charge is -2.09. The summed E-state index contributed by atoms with van der Waals surface area (Å²) in [6.45, 7) is 3.26. The van der Waals surface area contributed by atoms with Crippen LogP contribution in [0.1, 0.15) is 18.1 Å². The largest absolute Gasteiger partial charge is 0.478 e. The summed E-state index contributed by atoms with van der Waals surface area (Å²) in [7, 11) is 0. The van der Waals surface area contributed by atoms with E-state index in [2.05, 4.69) is 15.6 Å². The van der Waals surface area contributed by atoms with Crippen LogP contribution in [0.25, 0.3) is 0 Å². The summed E-state index contributed by atoms with van der Waals surface area (Å²) >= 11 is 0. The first-order valence-electron chi connectivity index (χ1n) is 7.51. The molecule has 2 N–H and O–H groups in total. The van der Waals surface area contributed by atoms with E-state index < -0.39 is 0 Å². The summed E-state index contributed by atoms with van der Waals surface area (Å²) in [5.41, 5.74) is 1.75. The van der Waals surface area contributed by atoms with Gasteiger partial charge in [0.25, 0.3) is 0 Å². The second kappa shape index (κ2) is 8.73. The van der Waals surface area contributed by atoms with Gasteiger partial charge in [-0.2, -0.15) is 0 Å². The van der Waals surface area contributed by atoms with Gasteiger partial charge in [0.15, 0.2) is 0 Å². The summed E-state index contributed by atoms with van der Waals surface area (Å²) in [5, 5.41) is 5.50. The fraction of sp³-hybridized carbons (Fsp3) is 0.294. The zero-order valence-corrected chi connectivity index (χ0v) is 13.0. The second-order valence-corrected chi connectivity index (χ2v) is 4.92. The molecule has 1 aromatic carbocycles. The number of carbonyl (C=O) groups is 1. The van der Waals surface area contributed by atoms with Gasteiger partial charge in [-0.3, -0.25) is 0 Å². The van der Waals surface area contributed by atoms with Gasteiger partial charge in [-0.1, -0.05) is 12.1 Å². The molecule has 2 rings (SSSR count). The molecule has 0 radical (unpaired) electrons. The first-order valence-corrected chi connectivity index (χ1v) is 7.51. The Labute approximate surface area is 134 Å². The maximum absolute atomic E-state index is 13.0. The third-order valence-electron chi connectivity index (χ3n) is 3.13. The molecule has 0 aliphatic heterocycles. The molecular weight excluding hydrogens is 297 g/mol. The van der Waals surface area contributed by atoms with Crippen molar-refractivity contribution in [2.45, 2.75) is 19.9 Å². The predicted molar refractivity (Wildman–Crippen MR) is 85.7 cm³/mol. The van der Waals surface area contributed by atoms with E-state index in [1.54, 1.807) is 18.3 Å². The van der Waals surface area contributed by atoms with Crippen molar-refractivity contribution in [2.75, 3.05) is 13.2 Å². The summed E-state index contributed by atoms with van der Waals surface area (Å²) in [5.74, 6) is 0.271. The van der Waals surface area contributed by atoms with Gasteiger partial charge in [0, 0.05) is 25.4 Å². The fourth-order valence-electron chi connectivity index (χ4n) is 2.04. The van der Waals surface area contributed by atoms with E-state index in [0.29, 0.717) is 32.0 Å². The molecule has 1 aromatic heterocycles. The normalized spacial score (nSPS) is 10.2. The number of benzene rings is 1. The minimum Gasteiger partial charge on any atom is -0.478 e. The first kappa shape index (κ1) is 16.7. The summed E-state index contributed by atoms with van der Waals surface area (Å²) < 4.78 is 18.3. The zero-order valence-electron chi connectivity index (χ0n) is 13.0. The molecule has 0 spiro atoms. The topological polar surface area (TPSA) is 63.2 Å². The number of nitrogens with zero attached hydrogens (tertiary/aromatic N) is 1. The summed E-state index contributed by atoms with van der Waals surface area (Å²) in [4.78, 5) is 15.8. The Morgan fingerprint density at radius 3 is 2.87 bits per heavy atom. The smallest absolute Gasteiger partial charge is 0.315 e. The Hall–Kier alpha value is -2.63. The molecule has 0 saturated heterocycles. The molecule has 0 aliphatic carbocycles. The lowest BCUT2D eigenvalue weighted by atomic mass is 10.1. The van der Waals surface area contributed by atoms with E-state index in [1.165, 1.54) is 12.1 Å². The van der Waals surface area contributed by atoms with Gasteiger partial charge in [-0.25, -0.2) is 14.2 Å². The highest BCUT2D eigenvalue weighted by molar-refractivity contribution is 5.73. The van der Waals surface area contributed by atoms with Gasteiger partial charge in [-0.05, 0) is 42.7 Å². The highest BCUT2D eigenvalue weighted by Gasteiger charge is 2.02. The van der Waals surface area contributed by atoms with Crippen LogP contribution in [0.5, 0.6) is 5.88 Å². The molecule has 6 heteroatoms. The number of halogens is 1. The molecule has 2 aromatic rings. The molecule has 0 fully saturated rings. The lowest BCUT2D eigenvalue weighted by Crippen LogP contribution is -2.36. The number of hydrogen-bond donors (Lipinski definition) is 2. The molecule has 0 bridgehead atoms. The average molecular weight is 317 g/mol. The molecule has 1 heterocycles. The van der Waals surface area contributed by atoms with E-state index in [1.807, 2.05) is 19.1 Å². The van der Waals surface area contributed by atoms with Gasteiger partial charge in [0.05, 0.1) is 6.61 Å². The third kappa shape index (κ3) is 5.94. The number of hydrogen-bond acceptors (Lipinski definition) is 3. The quantitative estimate of drug-likeness (QED) is 0.825. The predicted octanol–water partition coefficient (Wildman–Crippen LogP) is 2.66. The molecule has 122 valence electrons. The van der Waals surface area contributed by atoms with Crippen molar-refractivity contribution in [1.29, 1.82) is 0 Å². The van der Waals surface area contributed by atoms with Gasteiger partial charge in [0.2, 0.25) is 5.88 Å². The van der Waals surface area contributed by atoms with Crippen LogP contribution in [0.2, 0.25) is 0 Å². The SMILES string of the molecule is CCOc1cc(CNC(=O)NCCc2cccc(F)c2)ccn1. The Kier molecular flexibility index (Phi) is 6.35. The second-order valence-electron chi connectivity index (χ2n) is 4.92. The number of nitrogens with one attached hydrogen (secondary N) is 2. The number of aromatic nitrogens is 1. The Balaban J connectivity index is 1.71. The van der Waals surface area contributed by atoms with Crippen molar-refractivity contribution in [2.24, 2.45) is 0 Å². The summed E-state index contributed by atoms with van der Waals surface area (Å²) in [6.07, 6.45) is 2.22. The van der Waals surface area contributed by atoms with E-state index >= 15 is 0 Å². The van der Waals surface area contributed by atoms with Gasteiger partial charge in [0.1, 0.15) is 5.82 Å². The van der Waals surface area contributed by atoms with Crippen molar-refractivity contribution in [3.05, 3.63) is 59.5 Å². The van der Waals surface area contributed by atoms with Crippen molar-refractivity contribution in [3.63, 3.8) is 0 Å². The molecule has 0 saturated carbocycles. The fourth-order valence-corrected chi connectivity index (χ4v) is 2.04. The van der Waals surface area contributed by atoms with Crippen molar-refractivity contribution < 1.29 is 13.9 Å². The summed E-state index contributed by atoms with van der Waals surface area (Å²) in [6, 6.07) is 9.68. The van der Waals surface area contributed by atoms with Crippen LogP contribution in [0, 0.1) is 5.82 Å². The minimum absolute atomic E-state index is 0.267. The monoisotopic (exact) mass is 317 g/mol. The van der Waals surface area contributed by atoms with Gasteiger partial charge < -0.3 is 15.4 Å². The minimum atomic E-state index is -0.269. The van der Waals surface area contributed by atoms with Crippen molar-refractivity contribution in [3.8, 4) is 5.88 Å². The Morgan fingerprint density at radius 1 is 1.22 bits per heavy atom. The Bertz CT molecular complexity index is 649. The molecular formula is C17H20FN3O2. The van der Waals surface area contributed by atoms with Crippen molar-refractivity contribution >= 4 is 6.03 Å². The van der Waals surface area contributed by atoms with Gasteiger partial charge in [-0.15, -0.1) is 0 Å². The van der Waals surface area contributed by atoms with Crippen LogP contribution >= 0.6 is 0 Å². The Morgan fingerprint density at radius 2 is 2.09 bits per heavy atom. The molecule has 2 amide bonds. The maximum atomic E-state index is 13.0. The highest BCUT2D eigenvalue weighted by atomic mass is 19.1. The third-order valence-corrected chi connectivity index (χ3v) is 3.13. The zero-order chi connectivity index (χ0) is 16.5. The number of carbonyl (C=O) groups excluding carboxylic acids is 1. The standard InChI is InChI=1S/C17H20FN3O2/c1-2-23-16-11-14(7-8-19-16)12-21-17(22)20-9-6-13-4-3-5-15(18)10-13/h3-5,7-8,10-11H,2,6,9,12H2,1H3,(H2,20,21,22). The molecule has 0 aliphatic rings. The lowest BCUT2D eigenvalue weighted by molar-refractivity contribution is 0.240. The van der Waals surface area contributed by atoms with Crippen molar-refractivity contribution in [1.82, 2.24) is 15.6 Å². The molecule has 23 heavy (non-hydrogen) atoms. The number of pyridine rings is 1. The van der Waals surface area contributed by atoms with Crippen LogP contribution in [-0.4, -0.2) is 24.2 Å². The van der Waals surface area contributed by atoms with E-state index in [4.69, 9.17) is 4.74 Å². The van der Waals surface area contributed by atoms with Crippen LogP contribution < -0.4 is 15.4 Å². The maximum Gasteiger partial charge on any atom is 0.315 e. The molecule has 5 nitrogen and oxygen atoms in total. The molecule has 0 atom stereocenters.